The number of rotatable bonds is 2. The zero-order chi connectivity index (χ0) is 4.12. The Morgan fingerprint density at radius 2 is 1.25 bits per heavy atom. The Hall–Kier alpha value is 1.42. The molecule has 0 heterocycles. The predicted molar refractivity (Wildman–Crippen MR) is 23.0 cm³/mol. The van der Waals surface area contributed by atoms with Gasteiger partial charge in [0.1, 0.15) is 0 Å². The first kappa shape index (κ1) is 22.7. The van der Waals surface area contributed by atoms with Crippen molar-refractivity contribution in [1.82, 2.24) is 0 Å². The van der Waals surface area contributed by atoms with Gasteiger partial charge in [0.25, 0.3) is 0 Å². The van der Waals surface area contributed by atoms with E-state index in [-0.39, 0.29) is 51.0 Å². The van der Waals surface area contributed by atoms with Gasteiger partial charge in [0.15, 0.2) is 0 Å². The minimum absolute atomic E-state index is 0. The number of hydrogen-bond acceptors (Lipinski definition) is 0. The summed E-state index contributed by atoms with van der Waals surface area (Å²) in [5, 5.41) is 2.25. The molecule has 52 valence electrons. The summed E-state index contributed by atoms with van der Waals surface area (Å²) < 4.78 is 0. The number of hydrogen-bond donors (Lipinski definition) is 1. The molecule has 0 amide bonds. The van der Waals surface area contributed by atoms with Gasteiger partial charge in [0.05, 0.1) is 13.1 Å². The van der Waals surface area contributed by atoms with Crippen molar-refractivity contribution in [2.45, 2.75) is 13.8 Å². The zero-order valence-corrected chi connectivity index (χ0v) is 9.22. The average molecular weight is 236 g/mol. The summed E-state index contributed by atoms with van der Waals surface area (Å²) in [6.45, 7) is 6.75. The third-order valence-corrected chi connectivity index (χ3v) is 0.577. The predicted octanol–water partition coefficient (Wildman–Crippen LogP) is -6.40. The van der Waals surface area contributed by atoms with Crippen LogP contribution in [0, 0.1) is 0 Å². The summed E-state index contributed by atoms with van der Waals surface area (Å²) in [7, 11) is 0. The second-order valence-electron chi connectivity index (χ2n) is 1.11. The van der Waals surface area contributed by atoms with Crippen LogP contribution in [0.2, 0.25) is 0 Å². The van der Waals surface area contributed by atoms with E-state index in [0.717, 1.165) is 0 Å². The molecule has 0 aliphatic heterocycles. The van der Waals surface area contributed by atoms with Crippen LogP contribution in [-0.2, 0) is 26.2 Å². The molecule has 0 spiro atoms. The Balaban J connectivity index is -0.0000000267. The minimum atomic E-state index is 0. The molecule has 0 saturated carbocycles. The molecule has 0 aromatic rings. The monoisotopic (exact) mass is 234 g/mol. The van der Waals surface area contributed by atoms with Gasteiger partial charge in [0.2, 0.25) is 0 Å². The van der Waals surface area contributed by atoms with E-state index in [1.54, 1.807) is 0 Å². The van der Waals surface area contributed by atoms with Gasteiger partial charge < -0.3 is 30.1 Å². The quantitative estimate of drug-likeness (QED) is 0.491. The Bertz CT molecular complexity index is 21.5. The van der Waals surface area contributed by atoms with Crippen LogP contribution in [0.1, 0.15) is 13.8 Å². The van der Waals surface area contributed by atoms with Gasteiger partial charge >= 0.3 is 0 Å². The number of nitrogens with two attached hydrogens (primary N) is 1. The van der Waals surface area contributed by atoms with Gasteiger partial charge in [-0.3, -0.25) is 0 Å². The van der Waals surface area contributed by atoms with E-state index >= 15 is 0 Å². The van der Waals surface area contributed by atoms with E-state index in [1.165, 1.54) is 13.1 Å². The van der Waals surface area contributed by atoms with Gasteiger partial charge in [-0.05, 0) is 13.8 Å². The maximum Gasteiger partial charge on any atom is 0.0726 e. The van der Waals surface area contributed by atoms with Gasteiger partial charge in [-0.25, -0.2) is 0 Å². The molecule has 0 aromatic heterocycles. The first-order chi connectivity index (χ1) is 2.41. The molecule has 0 aromatic carbocycles. The Labute approximate surface area is 82.9 Å². The summed E-state index contributed by atoms with van der Waals surface area (Å²) in [5.74, 6) is 0. The molecule has 0 rings (SSSR count). The Morgan fingerprint density at radius 3 is 1.25 bits per heavy atom. The third-order valence-electron chi connectivity index (χ3n) is 0.577. The number of halogens is 2. The fraction of sp³-hybridized carbons (Fsp3) is 1.00. The van der Waals surface area contributed by atoms with Crippen LogP contribution in [0.15, 0.2) is 0 Å². The van der Waals surface area contributed by atoms with Crippen LogP contribution in [0.5, 0.6) is 0 Å². The number of quaternary nitrogens is 1. The standard InChI is InChI=1S/C4H11N.2ClH.Zr/c1-3-5-4-2;;;/h5H,3-4H2,1-2H3;2*1H;/p-1. The van der Waals surface area contributed by atoms with Crippen molar-refractivity contribution >= 4 is 0 Å². The second-order valence-corrected chi connectivity index (χ2v) is 1.11. The van der Waals surface area contributed by atoms with Crippen LogP contribution in [0.3, 0.4) is 0 Å². The minimum Gasteiger partial charge on any atom is -1.00 e. The maximum atomic E-state index is 2.25. The van der Waals surface area contributed by atoms with Crippen molar-refractivity contribution in [3.63, 3.8) is 0 Å². The largest absolute Gasteiger partial charge is 1.00 e. The fourth-order valence-electron chi connectivity index (χ4n) is 0.289. The van der Waals surface area contributed by atoms with E-state index in [2.05, 4.69) is 19.2 Å². The topological polar surface area (TPSA) is 16.6 Å². The molecule has 0 radical (unpaired) electrons. The van der Waals surface area contributed by atoms with Crippen molar-refractivity contribution in [3.05, 3.63) is 0 Å². The SMILES string of the molecule is CC[NH2+]CC.[Cl-].[Cl-].[Zr]. The van der Waals surface area contributed by atoms with Gasteiger partial charge in [-0.15, -0.1) is 0 Å². The van der Waals surface area contributed by atoms with Gasteiger partial charge in [-0.2, -0.15) is 0 Å². The van der Waals surface area contributed by atoms with Crippen molar-refractivity contribution in [3.8, 4) is 0 Å². The summed E-state index contributed by atoms with van der Waals surface area (Å²) in [4.78, 5) is 0. The first-order valence-electron chi connectivity index (χ1n) is 2.23. The van der Waals surface area contributed by atoms with Gasteiger partial charge in [-0.1, -0.05) is 0 Å². The van der Waals surface area contributed by atoms with E-state index in [4.69, 9.17) is 0 Å². The Morgan fingerprint density at radius 1 is 1.00 bits per heavy atom. The molecule has 1 nitrogen and oxygen atoms in total. The van der Waals surface area contributed by atoms with Crippen LogP contribution in [0.25, 0.3) is 0 Å². The van der Waals surface area contributed by atoms with Crippen LogP contribution >= 0.6 is 0 Å². The molecular weight excluding hydrogens is 224 g/mol. The molecule has 0 unspecified atom stereocenters. The zero-order valence-electron chi connectivity index (χ0n) is 5.25. The molecule has 0 fully saturated rings. The summed E-state index contributed by atoms with van der Waals surface area (Å²) in [6, 6.07) is 0. The molecule has 2 N–H and O–H groups in total. The smallest absolute Gasteiger partial charge is 0.0726 e. The second kappa shape index (κ2) is 23.7. The normalized spacial score (nSPS) is 5.25. The van der Waals surface area contributed by atoms with E-state index in [9.17, 15) is 0 Å². The van der Waals surface area contributed by atoms with Crippen LogP contribution in [0.4, 0.5) is 0 Å². The summed E-state index contributed by atoms with van der Waals surface area (Å²) in [5.41, 5.74) is 0. The summed E-state index contributed by atoms with van der Waals surface area (Å²) >= 11 is 0. The molecule has 0 saturated heterocycles. The molecule has 0 bridgehead atoms. The maximum absolute atomic E-state index is 2.25. The molecule has 0 atom stereocenters. The van der Waals surface area contributed by atoms with Crippen LogP contribution in [-0.4, -0.2) is 13.1 Å². The van der Waals surface area contributed by atoms with Crippen molar-refractivity contribution in [2.24, 2.45) is 0 Å². The summed E-state index contributed by atoms with van der Waals surface area (Å²) in [6.07, 6.45) is 0. The molecule has 8 heavy (non-hydrogen) atoms. The van der Waals surface area contributed by atoms with Crippen molar-refractivity contribution in [2.75, 3.05) is 13.1 Å². The van der Waals surface area contributed by atoms with Crippen LogP contribution < -0.4 is 30.1 Å². The van der Waals surface area contributed by atoms with E-state index in [0.29, 0.717) is 0 Å². The third kappa shape index (κ3) is 26.1. The van der Waals surface area contributed by atoms with Gasteiger partial charge in [0, 0.05) is 26.2 Å². The first-order valence-corrected chi connectivity index (χ1v) is 2.23. The molecule has 0 aliphatic carbocycles. The molecule has 0 aliphatic rings. The molecular formula is C4H12Cl2NZr-. The fourth-order valence-corrected chi connectivity index (χ4v) is 0.289. The van der Waals surface area contributed by atoms with Crippen molar-refractivity contribution in [1.29, 1.82) is 0 Å². The van der Waals surface area contributed by atoms with Crippen molar-refractivity contribution < 1.29 is 56.3 Å². The van der Waals surface area contributed by atoms with E-state index in [1.807, 2.05) is 0 Å². The average Bonchev–Trinajstić information content (AvgIpc) is 1.41. The Kier molecular flexibility index (Phi) is 67.4. The molecule has 4 heteroatoms. The van der Waals surface area contributed by atoms with E-state index < -0.39 is 0 Å².